The maximum atomic E-state index is 12.0. The van der Waals surface area contributed by atoms with E-state index in [-0.39, 0.29) is 28.0 Å². The standard InChI is InChI=1S/C17H30ClN3O3Si/c1-7-23-16(22)12-11-21-15(18)13(19)14(12)20-9-8-10-24-25(5,6)17(2,3)4/h11H,7-10,19H2,1-6H3,(H,20,21). The summed E-state index contributed by atoms with van der Waals surface area (Å²) in [5.41, 5.74) is 6.97. The van der Waals surface area contributed by atoms with Gasteiger partial charge in [0.15, 0.2) is 13.5 Å². The van der Waals surface area contributed by atoms with Crippen LogP contribution in [-0.4, -0.2) is 39.0 Å². The molecular formula is C17H30ClN3O3Si. The fraction of sp³-hybridized carbons (Fsp3) is 0.647. The Hall–Kier alpha value is -1.31. The van der Waals surface area contributed by atoms with Crippen LogP contribution >= 0.6 is 11.6 Å². The van der Waals surface area contributed by atoms with Gasteiger partial charge in [0, 0.05) is 19.3 Å². The number of carbonyl (C=O) groups excluding carboxylic acids is 1. The van der Waals surface area contributed by atoms with Crippen LogP contribution in [0.25, 0.3) is 0 Å². The van der Waals surface area contributed by atoms with Crippen LogP contribution < -0.4 is 11.1 Å². The van der Waals surface area contributed by atoms with Gasteiger partial charge in [-0.15, -0.1) is 0 Å². The third-order valence-electron chi connectivity index (χ3n) is 4.46. The highest BCUT2D eigenvalue weighted by Gasteiger charge is 2.36. The molecule has 0 aliphatic heterocycles. The Morgan fingerprint density at radius 3 is 2.60 bits per heavy atom. The van der Waals surface area contributed by atoms with Gasteiger partial charge in [0.05, 0.1) is 18.0 Å². The van der Waals surface area contributed by atoms with Crippen molar-refractivity contribution in [2.24, 2.45) is 0 Å². The van der Waals surface area contributed by atoms with Gasteiger partial charge in [0.2, 0.25) is 0 Å². The topological polar surface area (TPSA) is 86.5 Å². The number of aromatic nitrogens is 1. The van der Waals surface area contributed by atoms with E-state index in [9.17, 15) is 4.79 Å². The van der Waals surface area contributed by atoms with Gasteiger partial charge in [0.1, 0.15) is 5.56 Å². The van der Waals surface area contributed by atoms with Gasteiger partial charge < -0.3 is 20.2 Å². The molecule has 1 heterocycles. The number of carbonyl (C=O) groups is 1. The molecule has 1 rings (SSSR count). The lowest BCUT2D eigenvalue weighted by Crippen LogP contribution is -2.41. The van der Waals surface area contributed by atoms with Gasteiger partial charge in [-0.3, -0.25) is 0 Å². The highest BCUT2D eigenvalue weighted by atomic mass is 35.5. The molecule has 0 aromatic carbocycles. The van der Waals surface area contributed by atoms with Crippen LogP contribution in [0.4, 0.5) is 11.4 Å². The molecule has 0 fully saturated rings. The summed E-state index contributed by atoms with van der Waals surface area (Å²) in [6.45, 7) is 14.4. The number of rotatable bonds is 8. The zero-order valence-corrected chi connectivity index (χ0v) is 17.8. The second-order valence-electron chi connectivity index (χ2n) is 7.36. The van der Waals surface area contributed by atoms with Gasteiger partial charge >= 0.3 is 5.97 Å². The van der Waals surface area contributed by atoms with Crippen LogP contribution in [0.1, 0.15) is 44.5 Å². The molecule has 25 heavy (non-hydrogen) atoms. The SMILES string of the molecule is CCOC(=O)c1cnc(Cl)c(N)c1NCCCO[Si](C)(C)C(C)(C)C. The van der Waals surface area contributed by atoms with Crippen LogP contribution in [-0.2, 0) is 9.16 Å². The summed E-state index contributed by atoms with van der Waals surface area (Å²) in [6, 6.07) is 0. The molecule has 142 valence electrons. The first-order valence-corrected chi connectivity index (χ1v) is 11.8. The summed E-state index contributed by atoms with van der Waals surface area (Å²) >= 11 is 5.97. The molecule has 0 aliphatic rings. The number of pyridine rings is 1. The maximum absolute atomic E-state index is 12.0. The minimum absolute atomic E-state index is 0.160. The summed E-state index contributed by atoms with van der Waals surface area (Å²) in [5, 5.41) is 3.51. The highest BCUT2D eigenvalue weighted by molar-refractivity contribution is 6.74. The van der Waals surface area contributed by atoms with Gasteiger partial charge in [-0.05, 0) is 31.5 Å². The van der Waals surface area contributed by atoms with E-state index in [2.05, 4.69) is 44.2 Å². The van der Waals surface area contributed by atoms with Crippen molar-refractivity contribution >= 4 is 37.3 Å². The zero-order valence-electron chi connectivity index (χ0n) is 16.0. The van der Waals surface area contributed by atoms with E-state index < -0.39 is 14.3 Å². The highest BCUT2D eigenvalue weighted by Crippen LogP contribution is 2.36. The Bertz CT molecular complexity index is 604. The number of anilines is 2. The predicted molar refractivity (Wildman–Crippen MR) is 106 cm³/mol. The third-order valence-corrected chi connectivity index (χ3v) is 9.29. The van der Waals surface area contributed by atoms with Crippen molar-refractivity contribution in [3.63, 3.8) is 0 Å². The first kappa shape index (κ1) is 21.7. The first-order chi connectivity index (χ1) is 11.5. The molecule has 0 amide bonds. The lowest BCUT2D eigenvalue weighted by molar-refractivity contribution is 0.0527. The van der Waals surface area contributed by atoms with E-state index in [1.807, 2.05) is 0 Å². The molecule has 0 saturated carbocycles. The van der Waals surface area contributed by atoms with Crippen molar-refractivity contribution in [2.75, 3.05) is 30.8 Å². The molecular weight excluding hydrogens is 358 g/mol. The lowest BCUT2D eigenvalue weighted by Gasteiger charge is -2.36. The Kier molecular flexibility index (Phi) is 7.71. The van der Waals surface area contributed by atoms with Crippen LogP contribution in [0.5, 0.6) is 0 Å². The number of nitrogens with zero attached hydrogens (tertiary/aromatic N) is 1. The number of ether oxygens (including phenoxy) is 1. The molecule has 0 spiro atoms. The zero-order chi connectivity index (χ0) is 19.3. The number of nitrogen functional groups attached to an aromatic ring is 1. The fourth-order valence-electron chi connectivity index (χ4n) is 1.89. The van der Waals surface area contributed by atoms with Crippen LogP contribution in [0.15, 0.2) is 6.20 Å². The van der Waals surface area contributed by atoms with Gasteiger partial charge in [-0.2, -0.15) is 0 Å². The smallest absolute Gasteiger partial charge is 0.341 e. The summed E-state index contributed by atoms with van der Waals surface area (Å²) in [7, 11) is -1.75. The number of hydrogen-bond acceptors (Lipinski definition) is 6. The first-order valence-electron chi connectivity index (χ1n) is 8.50. The lowest BCUT2D eigenvalue weighted by atomic mass is 10.2. The Morgan fingerprint density at radius 2 is 2.04 bits per heavy atom. The molecule has 0 unspecified atom stereocenters. The average molecular weight is 388 g/mol. The largest absolute Gasteiger partial charge is 0.462 e. The summed E-state index contributed by atoms with van der Waals surface area (Å²) in [6.07, 6.45) is 2.17. The number of hydrogen-bond donors (Lipinski definition) is 2. The van der Waals surface area contributed by atoms with Crippen molar-refractivity contribution in [2.45, 2.75) is 52.2 Å². The van der Waals surface area contributed by atoms with E-state index in [0.717, 1.165) is 6.42 Å². The molecule has 0 bridgehead atoms. The Balaban J connectivity index is 2.68. The van der Waals surface area contributed by atoms with Crippen LogP contribution in [0, 0.1) is 0 Å². The monoisotopic (exact) mass is 387 g/mol. The summed E-state index contributed by atoms with van der Waals surface area (Å²) in [4.78, 5) is 16.0. The second kappa shape index (κ2) is 8.87. The molecule has 3 N–H and O–H groups in total. The van der Waals surface area contributed by atoms with E-state index in [4.69, 9.17) is 26.5 Å². The number of nitrogens with two attached hydrogens (primary N) is 1. The van der Waals surface area contributed by atoms with Crippen LogP contribution in [0.2, 0.25) is 23.3 Å². The maximum Gasteiger partial charge on any atom is 0.341 e. The second-order valence-corrected chi connectivity index (χ2v) is 12.5. The molecule has 0 aliphatic carbocycles. The average Bonchev–Trinajstić information content (AvgIpc) is 2.50. The molecule has 1 aromatic rings. The molecule has 0 radical (unpaired) electrons. The van der Waals surface area contributed by atoms with E-state index in [1.165, 1.54) is 6.20 Å². The third kappa shape index (κ3) is 5.86. The predicted octanol–water partition coefficient (Wildman–Crippen LogP) is 4.32. The van der Waals surface area contributed by atoms with E-state index in [0.29, 0.717) is 18.8 Å². The number of esters is 1. The van der Waals surface area contributed by atoms with Gasteiger partial charge in [0.25, 0.3) is 0 Å². The fourth-order valence-corrected chi connectivity index (χ4v) is 3.12. The molecule has 8 heteroatoms. The molecule has 0 saturated heterocycles. The van der Waals surface area contributed by atoms with Crippen molar-refractivity contribution in [1.82, 2.24) is 4.98 Å². The summed E-state index contributed by atoms with van der Waals surface area (Å²) < 4.78 is 11.2. The minimum atomic E-state index is -1.75. The summed E-state index contributed by atoms with van der Waals surface area (Å²) in [5.74, 6) is -0.474. The van der Waals surface area contributed by atoms with Crippen molar-refractivity contribution in [3.8, 4) is 0 Å². The van der Waals surface area contributed by atoms with Gasteiger partial charge in [-0.25, -0.2) is 9.78 Å². The van der Waals surface area contributed by atoms with Crippen molar-refractivity contribution < 1.29 is 14.0 Å². The van der Waals surface area contributed by atoms with Crippen molar-refractivity contribution in [3.05, 3.63) is 16.9 Å². The van der Waals surface area contributed by atoms with Crippen LogP contribution in [0.3, 0.4) is 0 Å². The molecule has 1 aromatic heterocycles. The minimum Gasteiger partial charge on any atom is -0.462 e. The Morgan fingerprint density at radius 1 is 1.40 bits per heavy atom. The number of nitrogens with one attached hydrogen (secondary N) is 1. The Labute approximate surface area is 156 Å². The number of halogens is 1. The van der Waals surface area contributed by atoms with E-state index in [1.54, 1.807) is 6.92 Å². The quantitative estimate of drug-likeness (QED) is 0.299. The molecule has 0 atom stereocenters. The normalized spacial score (nSPS) is 12.1. The van der Waals surface area contributed by atoms with E-state index >= 15 is 0 Å². The van der Waals surface area contributed by atoms with Gasteiger partial charge in [-0.1, -0.05) is 32.4 Å². The molecule has 6 nitrogen and oxygen atoms in total. The van der Waals surface area contributed by atoms with Crippen molar-refractivity contribution in [1.29, 1.82) is 0 Å².